The van der Waals surface area contributed by atoms with Crippen LogP contribution in [0.4, 0.5) is 4.79 Å². The highest BCUT2D eigenvalue weighted by molar-refractivity contribution is 5.97. The molecule has 0 aliphatic carbocycles. The Balaban J connectivity index is 2.89. The predicted molar refractivity (Wildman–Crippen MR) is 79.3 cm³/mol. The summed E-state index contributed by atoms with van der Waals surface area (Å²) in [4.78, 5) is 23.6. The summed E-state index contributed by atoms with van der Waals surface area (Å²) < 4.78 is 0. The molecule has 0 fully saturated rings. The molecule has 0 bridgehead atoms. The minimum atomic E-state index is -0.529. The van der Waals surface area contributed by atoms with Crippen LogP contribution in [0.25, 0.3) is 0 Å². The zero-order chi connectivity index (χ0) is 15.0. The summed E-state index contributed by atoms with van der Waals surface area (Å²) in [5, 5.41) is 8.02. The van der Waals surface area contributed by atoms with E-state index in [-0.39, 0.29) is 11.9 Å². The van der Waals surface area contributed by atoms with Gasteiger partial charge in [-0.1, -0.05) is 44.2 Å². The lowest BCUT2D eigenvalue weighted by molar-refractivity contribution is -0.122. The van der Waals surface area contributed by atoms with Crippen molar-refractivity contribution in [3.63, 3.8) is 0 Å². The van der Waals surface area contributed by atoms with E-state index in [1.165, 1.54) is 7.05 Å². The molecule has 0 aromatic heterocycles. The summed E-state index contributed by atoms with van der Waals surface area (Å²) >= 11 is 0. The molecule has 1 aromatic rings. The number of hydrogen-bond donors (Lipinski definition) is 3. The van der Waals surface area contributed by atoms with Gasteiger partial charge < -0.3 is 5.32 Å². The van der Waals surface area contributed by atoms with E-state index in [1.807, 2.05) is 30.3 Å². The molecular weight excluding hydrogens is 254 g/mol. The Morgan fingerprint density at radius 1 is 1.10 bits per heavy atom. The number of carbonyl (C=O) groups is 2. The van der Waals surface area contributed by atoms with Crippen LogP contribution in [0.3, 0.4) is 0 Å². The van der Waals surface area contributed by atoms with E-state index in [0.29, 0.717) is 0 Å². The van der Waals surface area contributed by atoms with E-state index in [0.717, 1.165) is 18.4 Å². The van der Waals surface area contributed by atoms with Gasteiger partial charge in [0.25, 0.3) is 0 Å². The molecule has 0 radical (unpaired) electrons. The van der Waals surface area contributed by atoms with Gasteiger partial charge in [-0.25, -0.2) is 4.79 Å². The highest BCUT2D eigenvalue weighted by Crippen LogP contribution is 2.15. The van der Waals surface area contributed by atoms with Crippen LogP contribution in [0.15, 0.2) is 30.3 Å². The van der Waals surface area contributed by atoms with Crippen LogP contribution in [0, 0.1) is 0 Å². The molecule has 1 rings (SSSR count). The van der Waals surface area contributed by atoms with Crippen LogP contribution in [0.5, 0.6) is 0 Å². The van der Waals surface area contributed by atoms with Crippen LogP contribution in [0.2, 0.25) is 0 Å². The van der Waals surface area contributed by atoms with Crippen molar-refractivity contribution in [1.82, 2.24) is 16.0 Å². The molecule has 110 valence electrons. The van der Waals surface area contributed by atoms with Gasteiger partial charge in [-0.15, -0.1) is 0 Å². The van der Waals surface area contributed by atoms with Crippen LogP contribution in [-0.4, -0.2) is 25.0 Å². The third-order valence-electron chi connectivity index (χ3n) is 3.25. The smallest absolute Gasteiger partial charge is 0.321 e. The second kappa shape index (κ2) is 8.32. The number of benzene rings is 1. The minimum absolute atomic E-state index is 0.232. The Kier molecular flexibility index (Phi) is 6.73. The van der Waals surface area contributed by atoms with Crippen molar-refractivity contribution in [3.05, 3.63) is 35.9 Å². The van der Waals surface area contributed by atoms with Crippen LogP contribution < -0.4 is 16.0 Å². The molecule has 0 unspecified atom stereocenters. The SMILES string of the molecule is CCC(CC)N[C@H](C(=O)NC(=O)NC)c1ccccc1. The van der Waals surface area contributed by atoms with Gasteiger partial charge in [0, 0.05) is 13.1 Å². The molecule has 0 saturated heterocycles. The molecule has 1 atom stereocenters. The summed E-state index contributed by atoms with van der Waals surface area (Å²) in [6.45, 7) is 4.14. The fourth-order valence-corrected chi connectivity index (χ4v) is 1.98. The maximum Gasteiger partial charge on any atom is 0.321 e. The molecular formula is C15H23N3O2. The number of nitrogens with one attached hydrogen (secondary N) is 3. The highest BCUT2D eigenvalue weighted by Gasteiger charge is 2.23. The van der Waals surface area contributed by atoms with Crippen molar-refractivity contribution < 1.29 is 9.59 Å². The van der Waals surface area contributed by atoms with Gasteiger partial charge in [-0.3, -0.25) is 15.4 Å². The van der Waals surface area contributed by atoms with Crippen molar-refractivity contribution in [1.29, 1.82) is 0 Å². The van der Waals surface area contributed by atoms with Crippen molar-refractivity contribution in [2.45, 2.75) is 38.8 Å². The first-order valence-electron chi connectivity index (χ1n) is 6.95. The molecule has 0 aliphatic heterocycles. The van der Waals surface area contributed by atoms with E-state index in [2.05, 4.69) is 29.8 Å². The summed E-state index contributed by atoms with van der Waals surface area (Å²) in [6.07, 6.45) is 1.85. The molecule has 0 aliphatic rings. The van der Waals surface area contributed by atoms with Crippen LogP contribution in [-0.2, 0) is 4.79 Å². The number of amides is 3. The fourth-order valence-electron chi connectivity index (χ4n) is 1.98. The number of rotatable bonds is 6. The van der Waals surface area contributed by atoms with Gasteiger partial charge in [0.2, 0.25) is 5.91 Å². The van der Waals surface area contributed by atoms with Gasteiger partial charge in [-0.2, -0.15) is 0 Å². The van der Waals surface area contributed by atoms with Crippen LogP contribution in [0.1, 0.15) is 38.3 Å². The second-order valence-electron chi connectivity index (χ2n) is 4.59. The fraction of sp³-hybridized carbons (Fsp3) is 0.467. The first-order valence-corrected chi connectivity index (χ1v) is 6.95. The molecule has 5 heteroatoms. The Labute approximate surface area is 120 Å². The highest BCUT2D eigenvalue weighted by atomic mass is 16.2. The third kappa shape index (κ3) is 4.66. The quantitative estimate of drug-likeness (QED) is 0.744. The lowest BCUT2D eigenvalue weighted by Crippen LogP contribution is -2.46. The molecule has 3 N–H and O–H groups in total. The maximum absolute atomic E-state index is 12.2. The Bertz CT molecular complexity index is 430. The summed E-state index contributed by atoms with van der Waals surface area (Å²) in [5.74, 6) is -0.345. The molecule has 0 heterocycles. The first kappa shape index (κ1) is 16.2. The predicted octanol–water partition coefficient (Wildman–Crippen LogP) is 1.96. The Hall–Kier alpha value is -1.88. The third-order valence-corrected chi connectivity index (χ3v) is 3.25. The standard InChI is InChI=1S/C15H23N3O2/c1-4-12(5-2)17-13(11-9-7-6-8-10-11)14(19)18-15(20)16-3/h6-10,12-13,17H,4-5H2,1-3H3,(H2,16,18,19,20)/t13-/m0/s1. The van der Waals surface area contributed by atoms with Gasteiger partial charge >= 0.3 is 6.03 Å². The van der Waals surface area contributed by atoms with Gasteiger partial charge in [0.15, 0.2) is 0 Å². The summed E-state index contributed by atoms with van der Waals surface area (Å²) in [7, 11) is 1.48. The maximum atomic E-state index is 12.2. The lowest BCUT2D eigenvalue weighted by atomic mass is 10.0. The zero-order valence-electron chi connectivity index (χ0n) is 12.3. The van der Waals surface area contributed by atoms with Gasteiger partial charge in [0.1, 0.15) is 6.04 Å². The van der Waals surface area contributed by atoms with E-state index >= 15 is 0 Å². The average Bonchev–Trinajstić information content (AvgIpc) is 2.49. The molecule has 1 aromatic carbocycles. The molecule has 20 heavy (non-hydrogen) atoms. The number of urea groups is 1. The van der Waals surface area contributed by atoms with Crippen molar-refractivity contribution in [3.8, 4) is 0 Å². The topological polar surface area (TPSA) is 70.2 Å². The molecule has 0 spiro atoms. The van der Waals surface area contributed by atoms with E-state index in [1.54, 1.807) is 0 Å². The Morgan fingerprint density at radius 3 is 2.20 bits per heavy atom. The summed E-state index contributed by atoms with van der Waals surface area (Å²) in [5.41, 5.74) is 0.848. The summed E-state index contributed by atoms with van der Waals surface area (Å²) in [6, 6.07) is 8.62. The number of carbonyl (C=O) groups excluding carboxylic acids is 2. The monoisotopic (exact) mass is 277 g/mol. The van der Waals surface area contributed by atoms with E-state index in [9.17, 15) is 9.59 Å². The van der Waals surface area contributed by atoms with Crippen molar-refractivity contribution >= 4 is 11.9 Å². The second-order valence-corrected chi connectivity index (χ2v) is 4.59. The van der Waals surface area contributed by atoms with Gasteiger partial charge in [-0.05, 0) is 18.4 Å². The van der Waals surface area contributed by atoms with E-state index in [4.69, 9.17) is 0 Å². The number of imide groups is 1. The van der Waals surface area contributed by atoms with E-state index < -0.39 is 12.1 Å². The number of hydrogen-bond acceptors (Lipinski definition) is 3. The van der Waals surface area contributed by atoms with Gasteiger partial charge in [0.05, 0.1) is 0 Å². The molecule has 3 amide bonds. The molecule has 5 nitrogen and oxygen atoms in total. The normalized spacial score (nSPS) is 12.0. The average molecular weight is 277 g/mol. The zero-order valence-corrected chi connectivity index (χ0v) is 12.3. The van der Waals surface area contributed by atoms with Crippen molar-refractivity contribution in [2.24, 2.45) is 0 Å². The molecule has 0 saturated carbocycles. The van der Waals surface area contributed by atoms with Crippen molar-refractivity contribution in [2.75, 3.05) is 7.05 Å². The lowest BCUT2D eigenvalue weighted by Gasteiger charge is -2.23. The first-order chi connectivity index (χ1) is 9.62. The Morgan fingerprint density at radius 2 is 1.70 bits per heavy atom. The largest absolute Gasteiger partial charge is 0.341 e. The van der Waals surface area contributed by atoms with Crippen LogP contribution >= 0.6 is 0 Å². The minimum Gasteiger partial charge on any atom is -0.341 e.